The van der Waals surface area contributed by atoms with Gasteiger partial charge in [0.05, 0.1) is 10.4 Å². The Balaban J connectivity index is 2.63. The Morgan fingerprint density at radius 3 is 2.56 bits per heavy atom. The Kier molecular flexibility index (Phi) is 2.50. The molecule has 5 heteroatoms. The van der Waals surface area contributed by atoms with Crippen LogP contribution in [-0.4, -0.2) is 24.5 Å². The highest BCUT2D eigenvalue weighted by atomic mass is 32.2. The number of nitrogens with zero attached hydrogens (tertiary/aromatic N) is 2. The highest BCUT2D eigenvalue weighted by Gasteiger charge is 2.10. The van der Waals surface area contributed by atoms with Crippen LogP contribution in [0, 0.1) is 0 Å². The van der Waals surface area contributed by atoms with Gasteiger partial charge in [-0.25, -0.2) is 8.42 Å². The molecule has 2 rings (SSSR count). The second kappa shape index (κ2) is 3.59. The summed E-state index contributed by atoms with van der Waals surface area (Å²) in [5.74, 6) is 0. The molecule has 0 radical (unpaired) electrons. The van der Waals surface area contributed by atoms with E-state index in [-0.39, 0.29) is 6.04 Å². The van der Waals surface area contributed by atoms with Gasteiger partial charge < -0.3 is 0 Å². The molecule has 0 fully saturated rings. The molecule has 86 valence electrons. The van der Waals surface area contributed by atoms with Crippen LogP contribution in [0.2, 0.25) is 0 Å². The summed E-state index contributed by atoms with van der Waals surface area (Å²) in [6, 6.07) is 5.29. The highest BCUT2D eigenvalue weighted by Crippen LogP contribution is 2.19. The van der Waals surface area contributed by atoms with Gasteiger partial charge in [-0.3, -0.25) is 4.68 Å². The summed E-state index contributed by atoms with van der Waals surface area (Å²) < 4.78 is 24.6. The predicted molar refractivity (Wildman–Crippen MR) is 63.2 cm³/mol. The number of rotatable bonds is 2. The SMILES string of the molecule is CC(C)n1cc2ccc(S(C)(=O)=O)cc2n1. The largest absolute Gasteiger partial charge is 0.269 e. The average Bonchev–Trinajstić information content (AvgIpc) is 2.58. The summed E-state index contributed by atoms with van der Waals surface area (Å²) >= 11 is 0. The molecule has 0 amide bonds. The summed E-state index contributed by atoms with van der Waals surface area (Å²) in [5.41, 5.74) is 0.719. The van der Waals surface area contributed by atoms with Crippen molar-refractivity contribution in [1.29, 1.82) is 0 Å². The molecule has 0 saturated carbocycles. The lowest BCUT2D eigenvalue weighted by Gasteiger charge is -2.02. The predicted octanol–water partition coefficient (Wildman–Crippen LogP) is 2.02. The van der Waals surface area contributed by atoms with Crippen molar-refractivity contribution in [2.75, 3.05) is 6.26 Å². The van der Waals surface area contributed by atoms with Gasteiger partial charge in [0.15, 0.2) is 9.84 Å². The van der Waals surface area contributed by atoms with Crippen LogP contribution in [0.15, 0.2) is 29.3 Å². The Morgan fingerprint density at radius 1 is 1.31 bits per heavy atom. The van der Waals surface area contributed by atoms with E-state index in [1.807, 2.05) is 24.7 Å². The molecule has 0 spiro atoms. The van der Waals surface area contributed by atoms with Gasteiger partial charge in [0, 0.05) is 23.9 Å². The number of fused-ring (bicyclic) bond motifs is 1. The fraction of sp³-hybridized carbons (Fsp3) is 0.364. The minimum Gasteiger partial charge on any atom is -0.269 e. The molecule has 1 heterocycles. The minimum atomic E-state index is -3.15. The van der Waals surface area contributed by atoms with Gasteiger partial charge in [0.25, 0.3) is 0 Å². The van der Waals surface area contributed by atoms with Gasteiger partial charge in [0.2, 0.25) is 0 Å². The van der Waals surface area contributed by atoms with Gasteiger partial charge >= 0.3 is 0 Å². The zero-order valence-electron chi connectivity index (χ0n) is 9.51. The highest BCUT2D eigenvalue weighted by molar-refractivity contribution is 7.90. The first-order valence-corrected chi connectivity index (χ1v) is 6.96. The molecule has 0 unspecified atom stereocenters. The van der Waals surface area contributed by atoms with Gasteiger partial charge in [0.1, 0.15) is 0 Å². The van der Waals surface area contributed by atoms with E-state index in [0.29, 0.717) is 4.90 Å². The summed E-state index contributed by atoms with van der Waals surface area (Å²) in [4.78, 5) is 0.314. The number of hydrogen-bond donors (Lipinski definition) is 0. The number of hydrogen-bond acceptors (Lipinski definition) is 3. The van der Waals surface area contributed by atoms with Crippen LogP contribution >= 0.6 is 0 Å². The molecule has 0 aliphatic carbocycles. The molecule has 0 bridgehead atoms. The van der Waals surface area contributed by atoms with Crippen molar-refractivity contribution in [3.63, 3.8) is 0 Å². The molecule has 0 aliphatic rings. The number of aromatic nitrogens is 2. The zero-order valence-corrected chi connectivity index (χ0v) is 10.3. The van der Waals surface area contributed by atoms with Crippen molar-refractivity contribution in [2.45, 2.75) is 24.8 Å². The van der Waals surface area contributed by atoms with Crippen LogP contribution in [0.25, 0.3) is 10.9 Å². The van der Waals surface area contributed by atoms with E-state index in [0.717, 1.165) is 10.9 Å². The summed E-state index contributed by atoms with van der Waals surface area (Å²) in [5, 5.41) is 5.30. The Hall–Kier alpha value is -1.36. The molecule has 1 aromatic carbocycles. The van der Waals surface area contributed by atoms with Gasteiger partial charge in [-0.05, 0) is 32.0 Å². The van der Waals surface area contributed by atoms with E-state index in [2.05, 4.69) is 5.10 Å². The zero-order chi connectivity index (χ0) is 11.9. The lowest BCUT2D eigenvalue weighted by Crippen LogP contribution is -2.00. The second-order valence-electron chi connectivity index (χ2n) is 4.20. The first kappa shape index (κ1) is 11.1. The summed E-state index contributed by atoms with van der Waals surface area (Å²) in [7, 11) is -3.15. The lowest BCUT2D eigenvalue weighted by atomic mass is 10.3. The third kappa shape index (κ3) is 1.95. The van der Waals surface area contributed by atoms with Crippen molar-refractivity contribution in [2.24, 2.45) is 0 Å². The van der Waals surface area contributed by atoms with E-state index < -0.39 is 9.84 Å². The lowest BCUT2D eigenvalue weighted by molar-refractivity contribution is 0.537. The molecule has 0 aliphatic heterocycles. The van der Waals surface area contributed by atoms with Crippen molar-refractivity contribution in [3.8, 4) is 0 Å². The Bertz CT molecular complexity index is 626. The number of benzene rings is 1. The van der Waals surface area contributed by atoms with Crippen LogP contribution in [0.5, 0.6) is 0 Å². The van der Waals surface area contributed by atoms with E-state index in [1.165, 1.54) is 6.26 Å². The van der Waals surface area contributed by atoms with Gasteiger partial charge in [-0.2, -0.15) is 5.10 Å². The first-order valence-electron chi connectivity index (χ1n) is 5.07. The maximum Gasteiger partial charge on any atom is 0.175 e. The second-order valence-corrected chi connectivity index (χ2v) is 6.21. The van der Waals surface area contributed by atoms with Crippen molar-refractivity contribution in [1.82, 2.24) is 9.78 Å². The maximum absolute atomic E-state index is 11.4. The molecular weight excluding hydrogens is 224 g/mol. The van der Waals surface area contributed by atoms with Crippen molar-refractivity contribution in [3.05, 3.63) is 24.4 Å². The molecule has 0 saturated heterocycles. The molecule has 0 atom stereocenters. The molecule has 0 N–H and O–H groups in total. The molecule has 2 aromatic rings. The fourth-order valence-electron chi connectivity index (χ4n) is 1.51. The third-order valence-corrected chi connectivity index (χ3v) is 3.56. The molecule has 16 heavy (non-hydrogen) atoms. The standard InChI is InChI=1S/C11H14N2O2S/c1-8(2)13-7-9-4-5-10(16(3,14)15)6-11(9)12-13/h4-8H,1-3H3. The van der Waals surface area contributed by atoms with Crippen molar-refractivity contribution < 1.29 is 8.42 Å². The van der Waals surface area contributed by atoms with Crippen LogP contribution < -0.4 is 0 Å². The third-order valence-electron chi connectivity index (χ3n) is 2.45. The van der Waals surface area contributed by atoms with E-state index in [9.17, 15) is 8.42 Å². The maximum atomic E-state index is 11.4. The Morgan fingerprint density at radius 2 is 2.00 bits per heavy atom. The van der Waals surface area contributed by atoms with Crippen LogP contribution in [0.3, 0.4) is 0 Å². The van der Waals surface area contributed by atoms with E-state index >= 15 is 0 Å². The average molecular weight is 238 g/mol. The van der Waals surface area contributed by atoms with E-state index in [4.69, 9.17) is 0 Å². The topological polar surface area (TPSA) is 52.0 Å². The molecule has 4 nitrogen and oxygen atoms in total. The van der Waals surface area contributed by atoms with Crippen LogP contribution in [-0.2, 0) is 9.84 Å². The fourth-order valence-corrected chi connectivity index (χ4v) is 2.15. The van der Waals surface area contributed by atoms with E-state index in [1.54, 1.807) is 18.2 Å². The minimum absolute atomic E-state index is 0.272. The number of sulfone groups is 1. The first-order chi connectivity index (χ1) is 7.38. The summed E-state index contributed by atoms with van der Waals surface area (Å²) in [6.07, 6.45) is 3.12. The quantitative estimate of drug-likeness (QED) is 0.804. The molecule has 1 aromatic heterocycles. The molecular formula is C11H14N2O2S. The normalized spacial score (nSPS) is 12.5. The van der Waals surface area contributed by atoms with Crippen LogP contribution in [0.4, 0.5) is 0 Å². The van der Waals surface area contributed by atoms with Crippen molar-refractivity contribution >= 4 is 20.7 Å². The van der Waals surface area contributed by atoms with Gasteiger partial charge in [-0.15, -0.1) is 0 Å². The summed E-state index contributed by atoms with van der Waals surface area (Å²) in [6.45, 7) is 4.06. The van der Waals surface area contributed by atoms with Gasteiger partial charge in [-0.1, -0.05) is 0 Å². The monoisotopic (exact) mass is 238 g/mol. The van der Waals surface area contributed by atoms with Crippen LogP contribution in [0.1, 0.15) is 19.9 Å². The smallest absolute Gasteiger partial charge is 0.175 e. The Labute approximate surface area is 94.8 Å².